The highest BCUT2D eigenvalue weighted by molar-refractivity contribution is 5.91. The first kappa shape index (κ1) is 27.3. The fourth-order valence-corrected chi connectivity index (χ4v) is 2.79. The smallest absolute Gasteiger partial charge is 0.326 e. The largest absolute Gasteiger partial charge is 0.480 e. The van der Waals surface area contributed by atoms with Gasteiger partial charge in [-0.3, -0.25) is 9.59 Å². The van der Waals surface area contributed by atoms with Gasteiger partial charge in [0, 0.05) is 11.6 Å². The number of carbonyl (C=O) groups excluding carboxylic acids is 2. The Labute approximate surface area is 176 Å². The topological polar surface area (TPSA) is 120 Å². The minimum absolute atomic E-state index is 0.0202. The lowest BCUT2D eigenvalue weighted by Gasteiger charge is -2.26. The van der Waals surface area contributed by atoms with E-state index in [2.05, 4.69) is 42.0 Å². The normalized spacial score (nSPS) is 15.1. The molecule has 0 bridgehead atoms. The molecule has 2 amide bonds. The van der Waals surface area contributed by atoms with Crippen LogP contribution in [-0.2, 0) is 14.4 Å². The Kier molecular flexibility index (Phi) is 12.1. The number of hydrogen-bond donors (Lipinski definition) is 5. The van der Waals surface area contributed by atoms with Gasteiger partial charge in [-0.15, -0.1) is 0 Å². The maximum atomic E-state index is 12.5. The van der Waals surface area contributed by atoms with Crippen molar-refractivity contribution in [2.24, 2.45) is 5.92 Å². The Balaban J connectivity index is 4.61. The van der Waals surface area contributed by atoms with Gasteiger partial charge in [0.15, 0.2) is 0 Å². The van der Waals surface area contributed by atoms with Gasteiger partial charge in [0.1, 0.15) is 12.1 Å². The summed E-state index contributed by atoms with van der Waals surface area (Å²) >= 11 is 0. The van der Waals surface area contributed by atoms with Gasteiger partial charge in [0.05, 0.1) is 6.04 Å². The third-order valence-electron chi connectivity index (χ3n) is 4.40. The molecule has 8 heteroatoms. The average Bonchev–Trinajstić information content (AvgIpc) is 2.56. The van der Waals surface area contributed by atoms with Crippen LogP contribution in [0.1, 0.15) is 74.7 Å². The van der Waals surface area contributed by atoms with Gasteiger partial charge in [-0.1, -0.05) is 27.7 Å². The van der Waals surface area contributed by atoms with E-state index in [0.29, 0.717) is 12.8 Å². The number of nitrogens with one attached hydrogen (secondary N) is 4. The molecule has 0 saturated carbocycles. The Bertz CT molecular complexity index is 529. The van der Waals surface area contributed by atoms with Gasteiger partial charge >= 0.3 is 5.97 Å². The predicted molar refractivity (Wildman–Crippen MR) is 116 cm³/mol. The lowest BCUT2D eigenvalue weighted by atomic mass is 10.0. The Morgan fingerprint density at radius 1 is 0.897 bits per heavy atom. The Morgan fingerprint density at radius 2 is 1.48 bits per heavy atom. The van der Waals surface area contributed by atoms with Crippen molar-refractivity contribution in [2.45, 2.75) is 104 Å². The van der Waals surface area contributed by atoms with E-state index < -0.39 is 30.0 Å². The SMILES string of the molecule is CC(C)NC(C(=O)N[C@@H](C)C(=O)N[C@@H](CCCCNC(C)(C)C)C(=O)O)C(C)C. The molecule has 0 heterocycles. The molecule has 3 atom stereocenters. The van der Waals surface area contributed by atoms with Crippen LogP contribution in [0.5, 0.6) is 0 Å². The quantitative estimate of drug-likeness (QED) is 0.292. The average molecular weight is 415 g/mol. The van der Waals surface area contributed by atoms with E-state index in [1.165, 1.54) is 0 Å². The second-order valence-electron chi connectivity index (χ2n) is 9.35. The van der Waals surface area contributed by atoms with E-state index in [4.69, 9.17) is 0 Å². The van der Waals surface area contributed by atoms with Gasteiger partial charge in [-0.25, -0.2) is 4.79 Å². The third kappa shape index (κ3) is 12.5. The molecule has 8 nitrogen and oxygen atoms in total. The van der Waals surface area contributed by atoms with Crippen molar-refractivity contribution in [1.82, 2.24) is 21.3 Å². The van der Waals surface area contributed by atoms with Gasteiger partial charge in [0.2, 0.25) is 11.8 Å². The number of rotatable bonds is 13. The molecule has 0 aliphatic carbocycles. The van der Waals surface area contributed by atoms with Crippen molar-refractivity contribution in [2.75, 3.05) is 6.54 Å². The molecular formula is C21H42N4O4. The first-order valence-electron chi connectivity index (χ1n) is 10.6. The van der Waals surface area contributed by atoms with Crippen LogP contribution in [0.15, 0.2) is 0 Å². The molecule has 170 valence electrons. The molecule has 0 saturated heterocycles. The molecule has 5 N–H and O–H groups in total. The van der Waals surface area contributed by atoms with E-state index in [1.54, 1.807) is 6.92 Å². The van der Waals surface area contributed by atoms with Crippen molar-refractivity contribution in [3.05, 3.63) is 0 Å². The summed E-state index contributed by atoms with van der Waals surface area (Å²) < 4.78 is 0. The van der Waals surface area contributed by atoms with E-state index in [0.717, 1.165) is 13.0 Å². The number of aliphatic carboxylic acids is 1. The van der Waals surface area contributed by atoms with Crippen LogP contribution >= 0.6 is 0 Å². The molecule has 0 radical (unpaired) electrons. The minimum Gasteiger partial charge on any atom is -0.480 e. The summed E-state index contributed by atoms with van der Waals surface area (Å²) in [5.74, 6) is -1.77. The molecule has 0 rings (SSSR count). The second kappa shape index (κ2) is 12.8. The highest BCUT2D eigenvalue weighted by atomic mass is 16.4. The number of amides is 2. The second-order valence-corrected chi connectivity index (χ2v) is 9.35. The Hall–Kier alpha value is -1.67. The fourth-order valence-electron chi connectivity index (χ4n) is 2.79. The highest BCUT2D eigenvalue weighted by Gasteiger charge is 2.27. The maximum absolute atomic E-state index is 12.5. The summed E-state index contributed by atoms with van der Waals surface area (Å²) in [6, 6.07) is -2.08. The maximum Gasteiger partial charge on any atom is 0.326 e. The lowest BCUT2D eigenvalue weighted by molar-refractivity contribution is -0.142. The number of carbonyl (C=O) groups is 3. The summed E-state index contributed by atoms with van der Waals surface area (Å²) in [5, 5.41) is 21.2. The zero-order chi connectivity index (χ0) is 22.8. The molecule has 1 unspecified atom stereocenters. The van der Waals surface area contributed by atoms with Crippen LogP contribution in [0.4, 0.5) is 0 Å². The van der Waals surface area contributed by atoms with E-state index in [9.17, 15) is 19.5 Å². The van der Waals surface area contributed by atoms with Crippen LogP contribution in [0.2, 0.25) is 0 Å². The van der Waals surface area contributed by atoms with E-state index in [1.807, 2.05) is 27.7 Å². The first-order valence-corrected chi connectivity index (χ1v) is 10.6. The Morgan fingerprint density at radius 3 is 1.93 bits per heavy atom. The summed E-state index contributed by atoms with van der Waals surface area (Å²) in [7, 11) is 0. The summed E-state index contributed by atoms with van der Waals surface area (Å²) in [6.07, 6.45) is 1.84. The van der Waals surface area contributed by atoms with Crippen molar-refractivity contribution in [1.29, 1.82) is 0 Å². The number of carboxylic acid groups (broad SMARTS) is 1. The molecule has 0 aliphatic rings. The van der Waals surface area contributed by atoms with Crippen LogP contribution in [0.25, 0.3) is 0 Å². The monoisotopic (exact) mass is 414 g/mol. The molecule has 0 aromatic heterocycles. The zero-order valence-corrected chi connectivity index (χ0v) is 19.4. The molecule has 0 aromatic carbocycles. The van der Waals surface area contributed by atoms with Crippen molar-refractivity contribution >= 4 is 17.8 Å². The van der Waals surface area contributed by atoms with E-state index >= 15 is 0 Å². The number of unbranched alkanes of at least 4 members (excludes halogenated alkanes) is 1. The van der Waals surface area contributed by atoms with Crippen LogP contribution in [0.3, 0.4) is 0 Å². The van der Waals surface area contributed by atoms with Gasteiger partial charge in [-0.2, -0.15) is 0 Å². The van der Waals surface area contributed by atoms with Gasteiger partial charge < -0.3 is 26.4 Å². The summed E-state index contributed by atoms with van der Waals surface area (Å²) in [4.78, 5) is 36.4. The van der Waals surface area contributed by atoms with E-state index in [-0.39, 0.29) is 23.4 Å². The standard InChI is InChI=1S/C21H42N4O4/c1-13(2)17(23-14(3)4)19(27)24-15(5)18(26)25-16(20(28)29)11-9-10-12-22-21(6,7)8/h13-17,22-23H,9-12H2,1-8H3,(H,24,27)(H,25,26)(H,28,29)/t15-,16-,17?/m0/s1. The minimum atomic E-state index is -1.07. The number of hydrogen-bond acceptors (Lipinski definition) is 5. The van der Waals surface area contributed by atoms with Crippen molar-refractivity contribution in [3.63, 3.8) is 0 Å². The van der Waals surface area contributed by atoms with Crippen LogP contribution in [-0.4, -0.2) is 59.1 Å². The third-order valence-corrected chi connectivity index (χ3v) is 4.40. The molecule has 0 aliphatic heterocycles. The van der Waals surface area contributed by atoms with Crippen molar-refractivity contribution < 1.29 is 19.5 Å². The predicted octanol–water partition coefficient (Wildman–Crippen LogP) is 1.64. The van der Waals surface area contributed by atoms with Gasteiger partial charge in [0.25, 0.3) is 0 Å². The number of carboxylic acids is 1. The molecule has 0 aromatic rings. The van der Waals surface area contributed by atoms with Gasteiger partial charge in [-0.05, 0) is 59.4 Å². The highest BCUT2D eigenvalue weighted by Crippen LogP contribution is 2.06. The lowest BCUT2D eigenvalue weighted by Crippen LogP contribution is -2.56. The fraction of sp³-hybridized carbons (Fsp3) is 0.857. The molecule has 0 spiro atoms. The first-order chi connectivity index (χ1) is 13.2. The molecule has 29 heavy (non-hydrogen) atoms. The summed E-state index contributed by atoms with van der Waals surface area (Å²) in [6.45, 7) is 16.3. The molecule has 0 fully saturated rings. The zero-order valence-electron chi connectivity index (χ0n) is 19.4. The van der Waals surface area contributed by atoms with Crippen LogP contribution in [0, 0.1) is 5.92 Å². The van der Waals surface area contributed by atoms with Crippen molar-refractivity contribution in [3.8, 4) is 0 Å². The summed E-state index contributed by atoms with van der Waals surface area (Å²) in [5.41, 5.74) is 0.0202. The van der Waals surface area contributed by atoms with Crippen LogP contribution < -0.4 is 21.3 Å². The molecular weight excluding hydrogens is 372 g/mol.